The summed E-state index contributed by atoms with van der Waals surface area (Å²) < 4.78 is 0. The van der Waals surface area contributed by atoms with Gasteiger partial charge in [-0.2, -0.15) is 0 Å². The van der Waals surface area contributed by atoms with Gasteiger partial charge in [0.05, 0.1) is 0 Å². The van der Waals surface area contributed by atoms with Gasteiger partial charge in [0.25, 0.3) is 0 Å². The molecule has 4 nitrogen and oxygen atoms in total. The van der Waals surface area contributed by atoms with Crippen LogP contribution >= 0.6 is 0 Å². The van der Waals surface area contributed by atoms with Gasteiger partial charge >= 0.3 is 17.1 Å². The summed E-state index contributed by atoms with van der Waals surface area (Å²) >= 11 is 0. The second kappa shape index (κ2) is 17.6. The standard InChI is InChI=1S/2C11H22O2.Mn/c2*1-11(2,3)9-7-5-4-6-8-10(12)13;/h2*4-9H2,1-3H3,(H,12,13);/q;;+2/p-2. The van der Waals surface area contributed by atoms with Crippen molar-refractivity contribution < 1.29 is 36.9 Å². The summed E-state index contributed by atoms with van der Waals surface area (Å²) in [5.41, 5.74) is 0.822. The molecular formula is C22H42MnO4. The first kappa shape index (κ1) is 31.2. The van der Waals surface area contributed by atoms with Crippen LogP contribution in [0.5, 0.6) is 0 Å². The molecule has 0 amide bonds. The van der Waals surface area contributed by atoms with Crippen LogP contribution in [-0.2, 0) is 26.7 Å². The SMILES string of the molecule is CC(C)(C)CCCCCCC(=O)[O-].CC(C)(C)CCCCCCC(=O)[O-].[Mn+2]. The molecule has 0 rings (SSSR count). The number of hydrogen-bond acceptors (Lipinski definition) is 4. The minimum absolute atomic E-state index is 0. The average Bonchev–Trinajstić information content (AvgIpc) is 2.44. The van der Waals surface area contributed by atoms with E-state index >= 15 is 0 Å². The number of rotatable bonds is 12. The fourth-order valence-corrected chi connectivity index (χ4v) is 2.56. The largest absolute Gasteiger partial charge is 2.00 e. The number of carbonyl (C=O) groups is 2. The van der Waals surface area contributed by atoms with Crippen molar-refractivity contribution >= 4 is 11.9 Å². The first-order chi connectivity index (χ1) is 11.8. The number of carboxylic acid groups (broad SMARTS) is 2. The summed E-state index contributed by atoms with van der Waals surface area (Å²) in [5, 5.41) is 20.2. The van der Waals surface area contributed by atoms with Crippen LogP contribution in [0.1, 0.15) is 119 Å². The Morgan fingerprint density at radius 3 is 1.04 bits per heavy atom. The Balaban J connectivity index is -0.000000411. The topological polar surface area (TPSA) is 80.3 Å². The Morgan fingerprint density at radius 1 is 0.556 bits per heavy atom. The van der Waals surface area contributed by atoms with Crippen LogP contribution in [-0.4, -0.2) is 11.9 Å². The van der Waals surface area contributed by atoms with Crippen molar-refractivity contribution in [1.29, 1.82) is 0 Å². The first-order valence-electron chi connectivity index (χ1n) is 10.2. The molecule has 0 heterocycles. The molecule has 0 aliphatic carbocycles. The summed E-state index contributed by atoms with van der Waals surface area (Å²) in [6.45, 7) is 13.4. The Kier molecular flexibility index (Phi) is 20.3. The average molecular weight is 426 g/mol. The van der Waals surface area contributed by atoms with E-state index in [1.807, 2.05) is 0 Å². The fraction of sp³-hybridized carbons (Fsp3) is 0.909. The monoisotopic (exact) mass is 425 g/mol. The van der Waals surface area contributed by atoms with Crippen LogP contribution in [0.4, 0.5) is 0 Å². The zero-order valence-corrected chi connectivity index (χ0v) is 19.7. The predicted molar refractivity (Wildman–Crippen MR) is 104 cm³/mol. The second-order valence-electron chi connectivity index (χ2n) is 9.69. The maximum atomic E-state index is 10.1. The van der Waals surface area contributed by atoms with Crippen LogP contribution in [0.3, 0.4) is 0 Å². The summed E-state index contributed by atoms with van der Waals surface area (Å²) in [4.78, 5) is 20.2. The van der Waals surface area contributed by atoms with Crippen LogP contribution in [0.25, 0.3) is 0 Å². The molecule has 161 valence electrons. The van der Waals surface area contributed by atoms with Crippen molar-refractivity contribution in [3.8, 4) is 0 Å². The molecule has 0 bridgehead atoms. The van der Waals surface area contributed by atoms with Crippen LogP contribution in [0, 0.1) is 10.8 Å². The van der Waals surface area contributed by atoms with Gasteiger partial charge in [-0.15, -0.1) is 0 Å². The molecule has 0 spiro atoms. The molecule has 1 radical (unpaired) electrons. The molecule has 0 fully saturated rings. The summed E-state index contributed by atoms with van der Waals surface area (Å²) in [6, 6.07) is 0. The van der Waals surface area contributed by atoms with Crippen LogP contribution in [0.15, 0.2) is 0 Å². The molecule has 0 aromatic carbocycles. The van der Waals surface area contributed by atoms with Gasteiger partial charge in [-0.3, -0.25) is 0 Å². The molecule has 0 unspecified atom stereocenters. The van der Waals surface area contributed by atoms with Crippen molar-refractivity contribution in [3.63, 3.8) is 0 Å². The van der Waals surface area contributed by atoms with Crippen LogP contribution in [0.2, 0.25) is 0 Å². The third kappa shape index (κ3) is 37.0. The molecule has 0 aromatic rings. The molecule has 0 N–H and O–H groups in total. The Morgan fingerprint density at radius 2 is 0.815 bits per heavy atom. The third-order valence-corrected chi connectivity index (χ3v) is 4.12. The Bertz CT molecular complexity index is 331. The van der Waals surface area contributed by atoms with E-state index in [1.54, 1.807) is 0 Å². The second-order valence-corrected chi connectivity index (χ2v) is 9.69. The third-order valence-electron chi connectivity index (χ3n) is 4.12. The summed E-state index contributed by atoms with van der Waals surface area (Å²) in [7, 11) is 0. The van der Waals surface area contributed by atoms with Gasteiger partial charge < -0.3 is 19.8 Å². The maximum absolute atomic E-state index is 10.1. The smallest absolute Gasteiger partial charge is 0.550 e. The number of carbonyl (C=O) groups excluding carboxylic acids is 2. The van der Waals surface area contributed by atoms with Gasteiger partial charge in [0.1, 0.15) is 0 Å². The van der Waals surface area contributed by atoms with Crippen LogP contribution < -0.4 is 10.2 Å². The zero-order valence-electron chi connectivity index (χ0n) is 18.5. The quantitative estimate of drug-likeness (QED) is 0.346. The molecule has 0 saturated heterocycles. The van der Waals surface area contributed by atoms with E-state index in [-0.39, 0.29) is 29.9 Å². The van der Waals surface area contributed by atoms with Crippen molar-refractivity contribution in [3.05, 3.63) is 0 Å². The van der Waals surface area contributed by atoms with E-state index < -0.39 is 11.9 Å². The number of unbranched alkanes of at least 4 members (excludes halogenated alkanes) is 6. The molecule has 0 saturated carbocycles. The molecule has 0 aliphatic heterocycles. The molecular weight excluding hydrogens is 383 g/mol. The van der Waals surface area contributed by atoms with Crippen molar-refractivity contribution in [2.75, 3.05) is 0 Å². The predicted octanol–water partition coefficient (Wildman–Crippen LogP) is 4.24. The molecule has 27 heavy (non-hydrogen) atoms. The molecule has 0 aliphatic rings. The van der Waals surface area contributed by atoms with Crippen molar-refractivity contribution in [1.82, 2.24) is 0 Å². The van der Waals surface area contributed by atoms with Crippen molar-refractivity contribution in [2.24, 2.45) is 10.8 Å². The Labute approximate surface area is 178 Å². The Hall–Kier alpha value is -0.541. The van der Waals surface area contributed by atoms with E-state index in [4.69, 9.17) is 0 Å². The molecule has 5 heteroatoms. The summed E-state index contributed by atoms with van der Waals surface area (Å²) in [6.07, 6.45) is 11.1. The van der Waals surface area contributed by atoms with E-state index in [9.17, 15) is 19.8 Å². The van der Waals surface area contributed by atoms with Gasteiger partial charge in [-0.05, 0) is 49.4 Å². The molecule has 0 atom stereocenters. The number of hydrogen-bond donors (Lipinski definition) is 0. The van der Waals surface area contributed by atoms with E-state index in [2.05, 4.69) is 41.5 Å². The fourth-order valence-electron chi connectivity index (χ4n) is 2.56. The minimum atomic E-state index is -0.921. The van der Waals surface area contributed by atoms with Crippen molar-refractivity contribution in [2.45, 2.75) is 119 Å². The van der Waals surface area contributed by atoms with Gasteiger partial charge in [-0.25, -0.2) is 0 Å². The maximum Gasteiger partial charge on any atom is 2.00 e. The van der Waals surface area contributed by atoms with Gasteiger partial charge in [0, 0.05) is 11.9 Å². The van der Waals surface area contributed by atoms with E-state index in [0.29, 0.717) is 10.8 Å². The zero-order chi connectivity index (χ0) is 20.6. The minimum Gasteiger partial charge on any atom is -0.550 e. The van der Waals surface area contributed by atoms with Gasteiger partial charge in [-0.1, -0.05) is 80.1 Å². The van der Waals surface area contributed by atoms with Gasteiger partial charge in [0.15, 0.2) is 0 Å². The van der Waals surface area contributed by atoms with Gasteiger partial charge in [0.2, 0.25) is 0 Å². The summed E-state index contributed by atoms with van der Waals surface area (Å²) in [5.74, 6) is -1.84. The van der Waals surface area contributed by atoms with E-state index in [1.165, 1.54) is 25.7 Å². The van der Waals surface area contributed by atoms with E-state index in [0.717, 1.165) is 38.5 Å². The normalized spacial score (nSPS) is 11.2. The first-order valence-corrected chi connectivity index (χ1v) is 10.2. The molecule has 0 aromatic heterocycles. The number of carboxylic acids is 2. The number of aliphatic carboxylic acids is 2.